The summed E-state index contributed by atoms with van der Waals surface area (Å²) in [6.45, 7) is 11.9. The molecule has 0 aromatic heterocycles. The van der Waals surface area contributed by atoms with Gasteiger partial charge in [0.2, 0.25) is 0 Å². The zero-order valence-corrected chi connectivity index (χ0v) is 32.5. The summed E-state index contributed by atoms with van der Waals surface area (Å²) in [6.07, 6.45) is -9.75. The fourth-order valence-electron chi connectivity index (χ4n) is 5.13. The number of ether oxygens (including phenoxy) is 4. The molecule has 0 saturated heterocycles. The maximum atomic E-state index is 15.0. The van der Waals surface area contributed by atoms with Crippen LogP contribution in [0.5, 0.6) is 0 Å². The van der Waals surface area contributed by atoms with Gasteiger partial charge < -0.3 is 23.8 Å². The lowest BCUT2D eigenvalue weighted by molar-refractivity contribution is -0.174. The summed E-state index contributed by atoms with van der Waals surface area (Å²) in [5.41, 5.74) is -3.10. The quantitative estimate of drug-likeness (QED) is 0.1000. The molecule has 2 rings (SSSR count). The van der Waals surface area contributed by atoms with Gasteiger partial charge in [0.1, 0.15) is 30.0 Å². The van der Waals surface area contributed by atoms with E-state index in [4.69, 9.17) is 18.9 Å². The predicted octanol–water partition coefficient (Wildman–Crippen LogP) is 7.08. The number of amides is 2. The average Bonchev–Trinajstić information content (AvgIpc) is 3.06. The first-order valence-corrected chi connectivity index (χ1v) is 17.5. The topological polar surface area (TPSA) is 129 Å². The van der Waals surface area contributed by atoms with Gasteiger partial charge in [-0.25, -0.2) is 23.6 Å². The summed E-state index contributed by atoms with van der Waals surface area (Å²) in [5.74, 6) is -4.17. The summed E-state index contributed by atoms with van der Waals surface area (Å²) >= 11 is 0. The maximum absolute atomic E-state index is 15.0. The van der Waals surface area contributed by atoms with Gasteiger partial charge in [-0.3, -0.25) is 9.69 Å². The minimum absolute atomic E-state index is 0.0356. The van der Waals surface area contributed by atoms with Crippen molar-refractivity contribution in [3.05, 3.63) is 71.3 Å². The van der Waals surface area contributed by atoms with Crippen LogP contribution in [-0.2, 0) is 57.3 Å². The number of hydrogen-bond donors (Lipinski definition) is 0. The normalized spacial score (nSPS) is 14.3. The Morgan fingerprint density at radius 2 is 1.26 bits per heavy atom. The number of benzene rings is 2. The lowest BCUT2D eigenvalue weighted by Gasteiger charge is -2.34. The lowest BCUT2D eigenvalue weighted by atomic mass is 9.99. The third kappa shape index (κ3) is 15.0. The highest BCUT2D eigenvalue weighted by molar-refractivity contribution is 5.90. The largest absolute Gasteiger partial charge is 0.458 e. The van der Waals surface area contributed by atoms with Gasteiger partial charge >= 0.3 is 30.2 Å². The molecule has 0 fully saturated rings. The van der Waals surface area contributed by atoms with E-state index >= 15 is 4.39 Å². The van der Waals surface area contributed by atoms with Crippen LogP contribution in [0.2, 0.25) is 0 Å². The Labute approximate surface area is 314 Å². The fraction of sp³-hybridized carbons (Fsp3) is 0.564. The van der Waals surface area contributed by atoms with E-state index in [-0.39, 0.29) is 24.5 Å². The summed E-state index contributed by atoms with van der Waals surface area (Å²) in [4.78, 5) is 69.0. The molecule has 0 aliphatic carbocycles. The van der Waals surface area contributed by atoms with Crippen LogP contribution in [0.25, 0.3) is 0 Å². The van der Waals surface area contributed by atoms with E-state index in [1.54, 1.807) is 65.0 Å². The highest BCUT2D eigenvalue weighted by Crippen LogP contribution is 2.30. The van der Waals surface area contributed by atoms with Gasteiger partial charge in [-0.05, 0) is 77.1 Å². The van der Waals surface area contributed by atoms with Gasteiger partial charge in [0.15, 0.2) is 12.2 Å². The first kappa shape index (κ1) is 45.5. The molecule has 2 amide bonds. The number of alkyl halides is 4. The zero-order valence-electron chi connectivity index (χ0n) is 32.5. The maximum Gasteiger partial charge on any atom is 0.416 e. The Morgan fingerprint density at radius 3 is 1.76 bits per heavy atom. The number of carbonyl (C=O) groups excluding carboxylic acids is 5. The fourth-order valence-corrected chi connectivity index (χ4v) is 5.13. The monoisotopic (exact) mass is 768 g/mol. The summed E-state index contributed by atoms with van der Waals surface area (Å²) in [7, 11) is 2.45. The molecule has 11 nitrogen and oxygen atoms in total. The summed E-state index contributed by atoms with van der Waals surface area (Å²) in [6, 6.07) is 9.69. The number of nitrogens with zero attached hydrogens (tertiary/aromatic N) is 2. The van der Waals surface area contributed by atoms with Crippen molar-refractivity contribution in [3.8, 4) is 0 Å². The van der Waals surface area contributed by atoms with Gasteiger partial charge in [0, 0.05) is 26.9 Å². The van der Waals surface area contributed by atoms with Crippen LogP contribution in [0.15, 0.2) is 54.6 Å². The van der Waals surface area contributed by atoms with Crippen molar-refractivity contribution >= 4 is 29.9 Å². The van der Waals surface area contributed by atoms with Gasteiger partial charge in [0.05, 0.1) is 5.56 Å². The van der Waals surface area contributed by atoms with Gasteiger partial charge in [-0.15, -0.1) is 0 Å². The van der Waals surface area contributed by atoms with Gasteiger partial charge in [-0.1, -0.05) is 56.3 Å². The minimum atomic E-state index is -4.64. The lowest BCUT2D eigenvalue weighted by Crippen LogP contribution is -2.52. The van der Waals surface area contributed by atoms with E-state index in [1.165, 1.54) is 34.9 Å². The predicted molar refractivity (Wildman–Crippen MR) is 190 cm³/mol. The molecule has 54 heavy (non-hydrogen) atoms. The van der Waals surface area contributed by atoms with E-state index < -0.39 is 90.1 Å². The molecule has 0 aliphatic heterocycles. The Kier molecular flexibility index (Phi) is 16.1. The third-order valence-corrected chi connectivity index (χ3v) is 7.97. The molecule has 15 heteroatoms. The minimum Gasteiger partial charge on any atom is -0.458 e. The van der Waals surface area contributed by atoms with Crippen LogP contribution < -0.4 is 0 Å². The smallest absolute Gasteiger partial charge is 0.416 e. The Hall–Kier alpha value is -4.69. The van der Waals surface area contributed by atoms with Crippen molar-refractivity contribution in [2.45, 2.75) is 123 Å². The molecule has 2 aromatic rings. The molecule has 0 aliphatic rings. The second-order valence-electron chi connectivity index (χ2n) is 15.1. The Bertz CT molecular complexity index is 1570. The molecule has 0 heterocycles. The van der Waals surface area contributed by atoms with Crippen molar-refractivity contribution < 1.29 is 60.5 Å². The van der Waals surface area contributed by atoms with Crippen molar-refractivity contribution in [1.82, 2.24) is 9.80 Å². The number of likely N-dealkylation sites (N-methyl/N-ethyl adjacent to an activating group) is 2. The highest BCUT2D eigenvalue weighted by Gasteiger charge is 2.41. The average molecular weight is 769 g/mol. The highest BCUT2D eigenvalue weighted by atomic mass is 19.4. The number of halogens is 4. The third-order valence-electron chi connectivity index (χ3n) is 7.97. The van der Waals surface area contributed by atoms with Crippen LogP contribution in [0.4, 0.5) is 22.4 Å². The van der Waals surface area contributed by atoms with Crippen LogP contribution in [0.1, 0.15) is 84.9 Å². The zero-order chi connectivity index (χ0) is 41.2. The number of carbonyl (C=O) groups is 5. The Morgan fingerprint density at radius 1 is 0.704 bits per heavy atom. The molecule has 0 unspecified atom stereocenters. The molecule has 4 atom stereocenters. The molecule has 2 aromatic carbocycles. The van der Waals surface area contributed by atoms with Crippen LogP contribution in [-0.4, -0.2) is 89.4 Å². The van der Waals surface area contributed by atoms with Gasteiger partial charge in [-0.2, -0.15) is 13.2 Å². The number of rotatable bonds is 16. The van der Waals surface area contributed by atoms with E-state index in [0.717, 1.165) is 34.1 Å². The molecular formula is C39H52F4N2O9. The molecular weight excluding hydrogens is 716 g/mol. The van der Waals surface area contributed by atoms with E-state index in [0.29, 0.717) is 5.56 Å². The first-order chi connectivity index (χ1) is 24.8. The van der Waals surface area contributed by atoms with Crippen LogP contribution in [0.3, 0.4) is 0 Å². The SMILES string of the molecule is CC(C)C[C@@H](C(=O)O[C@H](C)C(=O)OCc1ccccc1)N(C)C(=O)[C@@H](Cc1ccc(C(F)(F)F)cc1)OC(=O)[C@H](CC(C)(C)F)N(C)C(=O)OC(C)(C)C. The summed E-state index contributed by atoms with van der Waals surface area (Å²) in [5, 5.41) is 0. The second-order valence-corrected chi connectivity index (χ2v) is 15.1. The first-order valence-electron chi connectivity index (χ1n) is 17.5. The van der Waals surface area contributed by atoms with Crippen molar-refractivity contribution in [2.24, 2.45) is 5.92 Å². The van der Waals surface area contributed by atoms with E-state index in [1.807, 2.05) is 0 Å². The van der Waals surface area contributed by atoms with Gasteiger partial charge in [0.25, 0.3) is 5.91 Å². The molecule has 300 valence electrons. The summed E-state index contributed by atoms with van der Waals surface area (Å²) < 4.78 is 76.7. The van der Waals surface area contributed by atoms with Crippen LogP contribution >= 0.6 is 0 Å². The standard InChI is InChI=1S/C39H52F4N2O9/c1-24(2)20-29(34(48)52-25(3)33(47)51-23-27-14-12-11-13-15-27)44(9)32(46)31(21-26-16-18-28(19-17-26)39(41,42)43)53-35(49)30(22-38(7,8)40)45(10)36(50)54-37(4,5)6/h11-19,24-25,29-31H,20-23H2,1-10H3/t25-,29+,30+,31-/m1/s1. The molecule has 0 bridgehead atoms. The Balaban J connectivity index is 2.45. The molecule has 0 N–H and O–H groups in total. The van der Waals surface area contributed by atoms with E-state index in [9.17, 15) is 37.1 Å². The van der Waals surface area contributed by atoms with Crippen LogP contribution in [0, 0.1) is 5.92 Å². The number of hydrogen-bond acceptors (Lipinski definition) is 9. The van der Waals surface area contributed by atoms with E-state index in [2.05, 4.69) is 0 Å². The molecule has 0 saturated carbocycles. The van der Waals surface area contributed by atoms with Crippen molar-refractivity contribution in [1.29, 1.82) is 0 Å². The van der Waals surface area contributed by atoms with Crippen molar-refractivity contribution in [2.75, 3.05) is 14.1 Å². The molecule has 0 spiro atoms. The molecule has 0 radical (unpaired) electrons. The number of esters is 3. The second kappa shape index (κ2) is 19.1. The van der Waals surface area contributed by atoms with Crippen molar-refractivity contribution in [3.63, 3.8) is 0 Å².